The van der Waals surface area contributed by atoms with Gasteiger partial charge < -0.3 is 16.8 Å². The average molecular weight is 268 g/mol. The van der Waals surface area contributed by atoms with Gasteiger partial charge in [-0.1, -0.05) is 18.2 Å². The molecule has 0 radical (unpaired) electrons. The van der Waals surface area contributed by atoms with Gasteiger partial charge in [-0.2, -0.15) is 5.26 Å². The molecule has 20 heavy (non-hydrogen) atoms. The number of nitrogens with one attached hydrogen (secondary N) is 1. The maximum absolute atomic E-state index is 9.26. The summed E-state index contributed by atoms with van der Waals surface area (Å²) in [4.78, 5) is 0. The first-order chi connectivity index (χ1) is 9.49. The Morgan fingerprint density at radius 1 is 1.40 bits per heavy atom. The van der Waals surface area contributed by atoms with Crippen molar-refractivity contribution in [2.45, 2.75) is 25.4 Å². The standard InChI is InChI=1S/C16H20N4/c1-16(2,10-18)12-5-3-4-11(8-12)13-6-7-20-15(19)14(13)9-17/h3-8,15,20H,9,17,19H2,1-2H3. The molecule has 1 aliphatic rings. The van der Waals surface area contributed by atoms with Crippen LogP contribution in [0, 0.1) is 11.3 Å². The highest BCUT2D eigenvalue weighted by Gasteiger charge is 2.21. The zero-order valence-electron chi connectivity index (χ0n) is 11.9. The molecule has 0 aromatic heterocycles. The first kappa shape index (κ1) is 14.3. The van der Waals surface area contributed by atoms with Gasteiger partial charge in [0.15, 0.2) is 0 Å². The van der Waals surface area contributed by atoms with E-state index in [4.69, 9.17) is 11.5 Å². The summed E-state index contributed by atoms with van der Waals surface area (Å²) in [6.45, 7) is 4.22. The van der Waals surface area contributed by atoms with Crippen LogP contribution in [0.4, 0.5) is 0 Å². The second-order valence-electron chi connectivity index (χ2n) is 5.44. The third-order valence-electron chi connectivity index (χ3n) is 3.64. The summed E-state index contributed by atoms with van der Waals surface area (Å²) in [5.74, 6) is 0. The molecule has 4 nitrogen and oxygen atoms in total. The first-order valence-corrected chi connectivity index (χ1v) is 6.63. The van der Waals surface area contributed by atoms with Crippen LogP contribution in [-0.2, 0) is 5.41 Å². The number of benzene rings is 1. The predicted octanol–water partition coefficient (Wildman–Crippen LogP) is 1.60. The molecule has 0 fully saturated rings. The molecule has 4 heteroatoms. The lowest BCUT2D eigenvalue weighted by Crippen LogP contribution is -2.40. The van der Waals surface area contributed by atoms with Crippen molar-refractivity contribution in [2.24, 2.45) is 11.5 Å². The summed E-state index contributed by atoms with van der Waals surface area (Å²) in [5, 5.41) is 12.3. The van der Waals surface area contributed by atoms with E-state index in [1.807, 2.05) is 50.4 Å². The van der Waals surface area contributed by atoms with Gasteiger partial charge in [-0.05, 0) is 54.5 Å². The van der Waals surface area contributed by atoms with Crippen molar-refractivity contribution < 1.29 is 0 Å². The lowest BCUT2D eigenvalue weighted by atomic mass is 9.84. The number of dihydropyridines is 1. The topological polar surface area (TPSA) is 87.9 Å². The zero-order chi connectivity index (χ0) is 14.8. The zero-order valence-corrected chi connectivity index (χ0v) is 11.9. The number of allylic oxidation sites excluding steroid dienone is 2. The molecule has 0 spiro atoms. The second kappa shape index (κ2) is 5.49. The molecular formula is C16H20N4. The van der Waals surface area contributed by atoms with Crippen LogP contribution in [0.2, 0.25) is 0 Å². The van der Waals surface area contributed by atoms with E-state index in [1.54, 1.807) is 0 Å². The van der Waals surface area contributed by atoms with Gasteiger partial charge in [0.05, 0.1) is 17.6 Å². The van der Waals surface area contributed by atoms with Crippen molar-refractivity contribution in [3.63, 3.8) is 0 Å². The predicted molar refractivity (Wildman–Crippen MR) is 81.3 cm³/mol. The lowest BCUT2D eigenvalue weighted by Gasteiger charge is -2.24. The fraction of sp³-hybridized carbons (Fsp3) is 0.312. The highest BCUT2D eigenvalue weighted by atomic mass is 15.0. The quantitative estimate of drug-likeness (QED) is 0.777. The normalized spacial score (nSPS) is 18.6. The molecule has 1 aromatic carbocycles. The maximum atomic E-state index is 9.26. The molecule has 1 heterocycles. The highest BCUT2D eigenvalue weighted by molar-refractivity contribution is 5.79. The van der Waals surface area contributed by atoms with E-state index in [2.05, 4.69) is 11.4 Å². The molecule has 1 atom stereocenters. The molecule has 0 bridgehead atoms. The van der Waals surface area contributed by atoms with Gasteiger partial charge in [0.1, 0.15) is 0 Å². The second-order valence-corrected chi connectivity index (χ2v) is 5.44. The van der Waals surface area contributed by atoms with Crippen molar-refractivity contribution in [1.29, 1.82) is 5.26 Å². The van der Waals surface area contributed by atoms with E-state index in [-0.39, 0.29) is 6.17 Å². The number of hydrogen-bond donors (Lipinski definition) is 3. The molecule has 1 aliphatic heterocycles. The lowest BCUT2D eigenvalue weighted by molar-refractivity contribution is 0.676. The van der Waals surface area contributed by atoms with Crippen LogP contribution >= 0.6 is 0 Å². The van der Waals surface area contributed by atoms with Crippen molar-refractivity contribution in [1.82, 2.24) is 5.32 Å². The van der Waals surface area contributed by atoms with E-state index < -0.39 is 5.41 Å². The van der Waals surface area contributed by atoms with Gasteiger partial charge in [-0.25, -0.2) is 0 Å². The molecule has 5 N–H and O–H groups in total. The third kappa shape index (κ3) is 2.60. The summed E-state index contributed by atoms with van der Waals surface area (Å²) in [7, 11) is 0. The summed E-state index contributed by atoms with van der Waals surface area (Å²) in [6.07, 6.45) is 3.55. The Labute approximate surface area is 119 Å². The van der Waals surface area contributed by atoms with Gasteiger partial charge in [0, 0.05) is 6.54 Å². The fourth-order valence-electron chi connectivity index (χ4n) is 2.27. The fourth-order valence-corrected chi connectivity index (χ4v) is 2.27. The third-order valence-corrected chi connectivity index (χ3v) is 3.64. The number of nitriles is 1. The van der Waals surface area contributed by atoms with Crippen molar-refractivity contribution in [2.75, 3.05) is 6.54 Å². The van der Waals surface area contributed by atoms with Gasteiger partial charge in [-0.3, -0.25) is 0 Å². The molecule has 0 aliphatic carbocycles. The van der Waals surface area contributed by atoms with E-state index >= 15 is 0 Å². The van der Waals surface area contributed by atoms with Crippen molar-refractivity contribution in [3.05, 3.63) is 53.2 Å². The number of nitrogens with two attached hydrogens (primary N) is 2. The number of nitrogens with zero attached hydrogens (tertiary/aromatic N) is 1. The van der Waals surface area contributed by atoms with E-state index in [1.165, 1.54) is 0 Å². The number of hydrogen-bond acceptors (Lipinski definition) is 4. The molecule has 104 valence electrons. The minimum atomic E-state index is -0.516. The Morgan fingerprint density at radius 3 is 2.80 bits per heavy atom. The summed E-state index contributed by atoms with van der Waals surface area (Å²) in [5.41, 5.74) is 15.3. The number of rotatable bonds is 3. The Bertz CT molecular complexity index is 605. The van der Waals surface area contributed by atoms with Gasteiger partial charge in [0.25, 0.3) is 0 Å². The van der Waals surface area contributed by atoms with Crippen LogP contribution < -0.4 is 16.8 Å². The molecule has 1 aromatic rings. The van der Waals surface area contributed by atoms with Crippen LogP contribution in [0.25, 0.3) is 5.57 Å². The van der Waals surface area contributed by atoms with Crippen molar-refractivity contribution >= 4 is 5.57 Å². The molecular weight excluding hydrogens is 248 g/mol. The maximum Gasteiger partial charge on any atom is 0.0982 e. The Morgan fingerprint density at radius 2 is 2.15 bits per heavy atom. The molecule has 2 rings (SSSR count). The Hall–Kier alpha value is -2.09. The minimum absolute atomic E-state index is 0.257. The highest BCUT2D eigenvalue weighted by Crippen LogP contribution is 2.28. The van der Waals surface area contributed by atoms with Crippen molar-refractivity contribution in [3.8, 4) is 6.07 Å². The molecule has 0 saturated carbocycles. The van der Waals surface area contributed by atoms with Crippen LogP contribution in [-0.4, -0.2) is 12.7 Å². The minimum Gasteiger partial charge on any atom is -0.372 e. The summed E-state index contributed by atoms with van der Waals surface area (Å²) in [6, 6.07) is 10.3. The SMILES string of the molecule is CC(C)(C#N)c1cccc(C2=C(CN)C(N)NC=C2)c1. The van der Waals surface area contributed by atoms with Crippen LogP contribution in [0.15, 0.2) is 42.1 Å². The van der Waals surface area contributed by atoms with Crippen LogP contribution in [0.1, 0.15) is 25.0 Å². The van der Waals surface area contributed by atoms with E-state index in [0.29, 0.717) is 6.54 Å². The van der Waals surface area contributed by atoms with E-state index in [0.717, 1.165) is 22.3 Å². The Balaban J connectivity index is 2.52. The molecule has 1 unspecified atom stereocenters. The molecule has 0 saturated heterocycles. The van der Waals surface area contributed by atoms with Gasteiger partial charge >= 0.3 is 0 Å². The average Bonchev–Trinajstić information content (AvgIpc) is 2.47. The van der Waals surface area contributed by atoms with Gasteiger partial charge in [0.2, 0.25) is 0 Å². The Kier molecular flexibility index (Phi) is 3.93. The largest absolute Gasteiger partial charge is 0.372 e. The smallest absolute Gasteiger partial charge is 0.0982 e. The summed E-state index contributed by atoms with van der Waals surface area (Å²) < 4.78 is 0. The van der Waals surface area contributed by atoms with Crippen LogP contribution in [0.5, 0.6) is 0 Å². The van der Waals surface area contributed by atoms with Crippen LogP contribution in [0.3, 0.4) is 0 Å². The first-order valence-electron chi connectivity index (χ1n) is 6.63. The molecule has 0 amide bonds. The van der Waals surface area contributed by atoms with Gasteiger partial charge in [-0.15, -0.1) is 0 Å². The monoisotopic (exact) mass is 268 g/mol. The summed E-state index contributed by atoms with van der Waals surface area (Å²) >= 11 is 0. The van der Waals surface area contributed by atoms with E-state index in [9.17, 15) is 5.26 Å².